The van der Waals surface area contributed by atoms with Gasteiger partial charge in [0.05, 0.1) is 0 Å². The van der Waals surface area contributed by atoms with Gasteiger partial charge >= 0.3 is 0 Å². The molecule has 18 heavy (non-hydrogen) atoms. The molecule has 0 fully saturated rings. The van der Waals surface area contributed by atoms with E-state index in [0.29, 0.717) is 12.0 Å². The van der Waals surface area contributed by atoms with Crippen molar-refractivity contribution in [3.63, 3.8) is 0 Å². The molecule has 96 valence electrons. The molecule has 0 aromatic heterocycles. The summed E-state index contributed by atoms with van der Waals surface area (Å²) in [6.07, 6.45) is 0.323. The normalized spacial score (nSPS) is 9.94. The first-order chi connectivity index (χ1) is 8.49. The maximum absolute atomic E-state index is 11.7. The van der Waals surface area contributed by atoms with Gasteiger partial charge in [-0.25, -0.2) is 0 Å². The van der Waals surface area contributed by atoms with Crippen LogP contribution in [0.5, 0.6) is 0 Å². The lowest BCUT2D eigenvalue weighted by Gasteiger charge is -2.09. The summed E-state index contributed by atoms with van der Waals surface area (Å²) >= 11 is 0. The second-order valence-corrected chi connectivity index (χ2v) is 4.34. The van der Waals surface area contributed by atoms with Crippen LogP contribution in [0.25, 0.3) is 0 Å². The average molecular weight is 247 g/mol. The van der Waals surface area contributed by atoms with E-state index in [0.717, 1.165) is 0 Å². The second-order valence-electron chi connectivity index (χ2n) is 4.34. The first-order valence-electron chi connectivity index (χ1n) is 5.74. The number of hydrogen-bond donors (Lipinski definition) is 3. The summed E-state index contributed by atoms with van der Waals surface area (Å²) in [7, 11) is 0. The van der Waals surface area contributed by atoms with Crippen LogP contribution in [0.3, 0.4) is 0 Å². The van der Waals surface area contributed by atoms with E-state index in [2.05, 4.69) is 10.6 Å². The zero-order valence-corrected chi connectivity index (χ0v) is 10.5. The molecule has 0 aliphatic rings. The van der Waals surface area contributed by atoms with Crippen molar-refractivity contribution >= 4 is 17.8 Å². The van der Waals surface area contributed by atoms with Crippen molar-refractivity contribution in [3.05, 3.63) is 35.9 Å². The number of carbonyl (C=O) groups is 2. The van der Waals surface area contributed by atoms with Crippen molar-refractivity contribution in [1.29, 1.82) is 5.41 Å². The van der Waals surface area contributed by atoms with E-state index in [1.54, 1.807) is 30.3 Å². The van der Waals surface area contributed by atoms with Gasteiger partial charge in [-0.15, -0.1) is 0 Å². The van der Waals surface area contributed by atoms with Crippen molar-refractivity contribution < 1.29 is 9.59 Å². The van der Waals surface area contributed by atoms with Crippen LogP contribution in [-0.4, -0.2) is 17.8 Å². The minimum absolute atomic E-state index is 0.211. The molecule has 5 nitrogen and oxygen atoms in total. The van der Waals surface area contributed by atoms with Crippen LogP contribution >= 0.6 is 0 Å². The topological polar surface area (TPSA) is 82.1 Å². The molecule has 5 heteroatoms. The lowest BCUT2D eigenvalue weighted by Crippen LogP contribution is -2.43. The summed E-state index contributed by atoms with van der Waals surface area (Å²) in [5.74, 6) is -0.772. The highest BCUT2D eigenvalue weighted by molar-refractivity contribution is 6.08. The molecule has 0 saturated heterocycles. The van der Waals surface area contributed by atoms with Gasteiger partial charge in [0, 0.05) is 12.0 Å². The average Bonchev–Trinajstić information content (AvgIpc) is 2.28. The third-order valence-corrected chi connectivity index (χ3v) is 2.13. The first-order valence-corrected chi connectivity index (χ1v) is 5.74. The van der Waals surface area contributed by atoms with E-state index in [9.17, 15) is 9.59 Å². The minimum Gasteiger partial charge on any atom is -0.297 e. The largest absolute Gasteiger partial charge is 0.297 e. The van der Waals surface area contributed by atoms with Gasteiger partial charge in [-0.05, 0) is 18.1 Å². The van der Waals surface area contributed by atoms with E-state index < -0.39 is 5.91 Å². The molecule has 0 heterocycles. The Morgan fingerprint density at radius 1 is 1.17 bits per heavy atom. The molecular formula is C13H17N3O2. The summed E-state index contributed by atoms with van der Waals surface area (Å²) in [4.78, 5) is 23.0. The van der Waals surface area contributed by atoms with Gasteiger partial charge in [-0.3, -0.25) is 25.6 Å². The smallest absolute Gasteiger partial charge is 0.257 e. The molecular weight excluding hydrogens is 230 g/mol. The monoisotopic (exact) mass is 247 g/mol. The Morgan fingerprint density at radius 2 is 1.78 bits per heavy atom. The molecule has 0 bridgehead atoms. The number of benzene rings is 1. The Bertz CT molecular complexity index is 441. The molecule has 1 rings (SSSR count). The van der Waals surface area contributed by atoms with E-state index in [1.165, 1.54) is 0 Å². The molecule has 0 radical (unpaired) electrons. The molecule has 1 aromatic carbocycles. The minimum atomic E-state index is -0.412. The lowest BCUT2D eigenvalue weighted by molar-refractivity contribution is -0.120. The predicted octanol–water partition coefficient (Wildman–Crippen LogP) is 1.51. The van der Waals surface area contributed by atoms with Crippen LogP contribution in [0.2, 0.25) is 0 Å². The Kier molecular flexibility index (Phi) is 5.05. The van der Waals surface area contributed by atoms with Gasteiger partial charge in [0.2, 0.25) is 11.9 Å². The third kappa shape index (κ3) is 4.78. The molecule has 0 atom stereocenters. The third-order valence-electron chi connectivity index (χ3n) is 2.13. The number of amides is 2. The predicted molar refractivity (Wildman–Crippen MR) is 69.2 cm³/mol. The quantitative estimate of drug-likeness (QED) is 0.559. The highest BCUT2D eigenvalue weighted by atomic mass is 16.2. The standard InChI is InChI=1S/C13H17N3O2/c1-9(2)8-11(17)15-13(14)16-12(18)10-6-4-3-5-7-10/h3-7,9H,8H2,1-2H3,(H3,14,15,16,17,18). The van der Waals surface area contributed by atoms with Crippen LogP contribution in [0.1, 0.15) is 30.6 Å². The van der Waals surface area contributed by atoms with E-state index >= 15 is 0 Å². The maximum atomic E-state index is 11.7. The van der Waals surface area contributed by atoms with Gasteiger partial charge in [0.15, 0.2) is 0 Å². The van der Waals surface area contributed by atoms with Crippen LogP contribution in [-0.2, 0) is 4.79 Å². The number of carbonyl (C=O) groups excluding carboxylic acids is 2. The van der Waals surface area contributed by atoms with Crippen molar-refractivity contribution in [2.24, 2.45) is 5.92 Å². The van der Waals surface area contributed by atoms with Gasteiger partial charge in [0.25, 0.3) is 5.91 Å². The molecule has 0 saturated carbocycles. The lowest BCUT2D eigenvalue weighted by atomic mass is 10.1. The van der Waals surface area contributed by atoms with E-state index in [1.807, 2.05) is 13.8 Å². The molecule has 2 amide bonds. The number of nitrogens with one attached hydrogen (secondary N) is 3. The zero-order valence-electron chi connectivity index (χ0n) is 10.5. The SMILES string of the molecule is CC(C)CC(=O)NC(=N)NC(=O)c1ccccc1. The number of hydrogen-bond acceptors (Lipinski definition) is 3. The Morgan fingerprint density at radius 3 is 2.33 bits per heavy atom. The summed E-state index contributed by atoms with van der Waals surface area (Å²) < 4.78 is 0. The molecule has 1 aromatic rings. The van der Waals surface area contributed by atoms with Crippen molar-refractivity contribution in [1.82, 2.24) is 10.6 Å². The molecule has 0 aliphatic carbocycles. The second kappa shape index (κ2) is 6.54. The summed E-state index contributed by atoms with van der Waals surface area (Å²) in [5.41, 5.74) is 0.445. The zero-order chi connectivity index (χ0) is 13.5. The fourth-order valence-electron chi connectivity index (χ4n) is 1.37. The highest BCUT2D eigenvalue weighted by Gasteiger charge is 2.10. The van der Waals surface area contributed by atoms with E-state index in [4.69, 9.17) is 5.41 Å². The Balaban J connectivity index is 2.46. The number of rotatable bonds is 3. The number of guanidine groups is 1. The first kappa shape index (κ1) is 13.9. The van der Waals surface area contributed by atoms with Crippen molar-refractivity contribution in [3.8, 4) is 0 Å². The van der Waals surface area contributed by atoms with Gasteiger partial charge in [-0.2, -0.15) is 0 Å². The van der Waals surface area contributed by atoms with Crippen LogP contribution in [0, 0.1) is 11.3 Å². The van der Waals surface area contributed by atoms with Crippen LogP contribution in [0.4, 0.5) is 0 Å². The van der Waals surface area contributed by atoms with Crippen molar-refractivity contribution in [2.45, 2.75) is 20.3 Å². The highest BCUT2D eigenvalue weighted by Crippen LogP contribution is 1.99. The van der Waals surface area contributed by atoms with Crippen molar-refractivity contribution in [2.75, 3.05) is 0 Å². The fourth-order valence-corrected chi connectivity index (χ4v) is 1.37. The fraction of sp³-hybridized carbons (Fsp3) is 0.308. The van der Waals surface area contributed by atoms with Crippen LogP contribution < -0.4 is 10.6 Å². The summed E-state index contributed by atoms with van der Waals surface area (Å²) in [5, 5.41) is 12.1. The summed E-state index contributed by atoms with van der Waals surface area (Å²) in [6.45, 7) is 3.82. The molecule has 0 aliphatic heterocycles. The maximum Gasteiger partial charge on any atom is 0.257 e. The van der Waals surface area contributed by atoms with Gasteiger partial charge in [-0.1, -0.05) is 32.0 Å². The van der Waals surface area contributed by atoms with Gasteiger partial charge in [0.1, 0.15) is 0 Å². The molecule has 0 spiro atoms. The van der Waals surface area contributed by atoms with Crippen LogP contribution in [0.15, 0.2) is 30.3 Å². The van der Waals surface area contributed by atoms with E-state index in [-0.39, 0.29) is 17.8 Å². The Hall–Kier alpha value is -2.17. The summed E-state index contributed by atoms with van der Waals surface area (Å²) in [6, 6.07) is 8.54. The van der Waals surface area contributed by atoms with Gasteiger partial charge < -0.3 is 0 Å². The molecule has 0 unspecified atom stereocenters. The molecule has 3 N–H and O–H groups in total. The Labute approximate surface area is 106 Å².